The van der Waals surface area contributed by atoms with E-state index in [1.807, 2.05) is 7.05 Å². The Kier molecular flexibility index (Phi) is 5.41. The molecule has 2 aromatic heterocycles. The number of rotatable bonds is 6. The fourth-order valence-corrected chi connectivity index (χ4v) is 3.48. The Morgan fingerprint density at radius 2 is 2.25 bits per heavy atom. The Balaban J connectivity index is 1.49. The van der Waals surface area contributed by atoms with Gasteiger partial charge in [0, 0.05) is 51.2 Å². The van der Waals surface area contributed by atoms with Gasteiger partial charge in [0.2, 0.25) is 5.13 Å². The van der Waals surface area contributed by atoms with Crippen molar-refractivity contribution in [3.8, 4) is 0 Å². The molecule has 130 valence electrons. The molecule has 0 bridgehead atoms. The molecular weight excluding hydrogens is 328 g/mol. The number of amides is 1. The zero-order valence-corrected chi connectivity index (χ0v) is 14.8. The van der Waals surface area contributed by atoms with Crippen LogP contribution < -0.4 is 10.2 Å². The largest absolute Gasteiger partial charge is 0.384 e. The third-order valence-corrected chi connectivity index (χ3v) is 4.95. The third-order valence-electron chi connectivity index (χ3n) is 4.14. The lowest BCUT2D eigenvalue weighted by Gasteiger charge is -2.31. The number of hydrogen-bond donors (Lipinski definition) is 1. The molecule has 1 saturated heterocycles. The second kappa shape index (κ2) is 7.71. The zero-order chi connectivity index (χ0) is 16.9. The zero-order valence-electron chi connectivity index (χ0n) is 13.9. The van der Waals surface area contributed by atoms with Crippen LogP contribution in [0.5, 0.6) is 0 Å². The summed E-state index contributed by atoms with van der Waals surface area (Å²) in [5.41, 5.74) is 0.587. The molecule has 1 N–H and O–H groups in total. The quantitative estimate of drug-likeness (QED) is 0.832. The predicted octanol–water partition coefficient (Wildman–Crippen LogP) is 0.859. The van der Waals surface area contributed by atoms with E-state index in [0.717, 1.165) is 43.3 Å². The highest BCUT2D eigenvalue weighted by molar-refractivity contribution is 7.09. The Morgan fingerprint density at radius 1 is 1.46 bits per heavy atom. The van der Waals surface area contributed by atoms with Crippen molar-refractivity contribution in [1.29, 1.82) is 0 Å². The molecular formula is C15H22N6O2S. The molecule has 1 amide bonds. The molecule has 0 saturated carbocycles. The number of aromatic nitrogens is 4. The van der Waals surface area contributed by atoms with E-state index in [-0.39, 0.29) is 11.9 Å². The van der Waals surface area contributed by atoms with E-state index in [0.29, 0.717) is 12.3 Å². The van der Waals surface area contributed by atoms with Gasteiger partial charge < -0.3 is 19.5 Å². The molecule has 0 unspecified atom stereocenters. The first-order chi connectivity index (χ1) is 11.7. The van der Waals surface area contributed by atoms with E-state index >= 15 is 0 Å². The maximum Gasteiger partial charge on any atom is 0.269 e. The third kappa shape index (κ3) is 3.90. The molecule has 8 nitrogen and oxygen atoms in total. The minimum atomic E-state index is -0.0637. The van der Waals surface area contributed by atoms with Gasteiger partial charge in [0.05, 0.1) is 19.1 Å². The Morgan fingerprint density at radius 3 is 2.92 bits per heavy atom. The highest BCUT2D eigenvalue weighted by Gasteiger charge is 2.24. The predicted molar refractivity (Wildman–Crippen MR) is 91.4 cm³/mol. The summed E-state index contributed by atoms with van der Waals surface area (Å²) in [5, 5.41) is 4.05. The van der Waals surface area contributed by atoms with Gasteiger partial charge in [-0.2, -0.15) is 4.37 Å². The minimum Gasteiger partial charge on any atom is -0.384 e. The first-order valence-corrected chi connectivity index (χ1v) is 8.78. The van der Waals surface area contributed by atoms with E-state index < -0.39 is 0 Å². The van der Waals surface area contributed by atoms with E-state index in [1.165, 1.54) is 11.5 Å². The number of anilines is 1. The van der Waals surface area contributed by atoms with Crippen LogP contribution in [-0.4, -0.2) is 57.7 Å². The topological polar surface area (TPSA) is 85.2 Å². The van der Waals surface area contributed by atoms with Gasteiger partial charge in [-0.3, -0.25) is 4.79 Å². The van der Waals surface area contributed by atoms with Crippen LogP contribution in [0.3, 0.4) is 0 Å². The molecule has 0 spiro atoms. The molecule has 9 heteroatoms. The number of nitrogens with one attached hydrogen (secondary N) is 1. The number of imidazole rings is 1. The van der Waals surface area contributed by atoms with Crippen LogP contribution in [0.25, 0.3) is 0 Å². The van der Waals surface area contributed by atoms with Crippen LogP contribution in [-0.2, 0) is 18.2 Å². The maximum atomic E-state index is 12.2. The van der Waals surface area contributed by atoms with Gasteiger partial charge >= 0.3 is 0 Å². The number of carbonyl (C=O) groups excluding carboxylic acids is 1. The number of aryl methyl sites for hydroxylation is 1. The van der Waals surface area contributed by atoms with Crippen molar-refractivity contribution < 1.29 is 9.53 Å². The van der Waals surface area contributed by atoms with Crippen molar-refractivity contribution in [2.75, 3.05) is 31.7 Å². The molecule has 0 atom stereocenters. The van der Waals surface area contributed by atoms with Crippen molar-refractivity contribution in [2.24, 2.45) is 7.05 Å². The van der Waals surface area contributed by atoms with Crippen LogP contribution in [0, 0.1) is 0 Å². The smallest absolute Gasteiger partial charge is 0.269 e. The molecule has 0 aromatic carbocycles. The summed E-state index contributed by atoms with van der Waals surface area (Å²) in [7, 11) is 3.50. The number of ether oxygens (including phenoxy) is 1. The average molecular weight is 350 g/mol. The van der Waals surface area contributed by atoms with E-state index in [2.05, 4.69) is 24.6 Å². The monoisotopic (exact) mass is 350 g/mol. The summed E-state index contributed by atoms with van der Waals surface area (Å²) < 4.78 is 11.2. The number of piperidine rings is 1. The highest BCUT2D eigenvalue weighted by atomic mass is 32.1. The summed E-state index contributed by atoms with van der Waals surface area (Å²) in [4.78, 5) is 23.0. The molecule has 3 heterocycles. The first kappa shape index (κ1) is 16.8. The van der Waals surface area contributed by atoms with Gasteiger partial charge in [0.25, 0.3) is 5.91 Å². The molecule has 1 fully saturated rings. The second-order valence-electron chi connectivity index (χ2n) is 5.86. The van der Waals surface area contributed by atoms with Crippen LogP contribution in [0.2, 0.25) is 0 Å². The van der Waals surface area contributed by atoms with Crippen molar-refractivity contribution in [1.82, 2.24) is 24.2 Å². The number of carbonyl (C=O) groups is 1. The van der Waals surface area contributed by atoms with Crippen LogP contribution >= 0.6 is 11.5 Å². The van der Waals surface area contributed by atoms with E-state index in [4.69, 9.17) is 4.74 Å². The van der Waals surface area contributed by atoms with Gasteiger partial charge in [-0.05, 0) is 12.8 Å². The summed E-state index contributed by atoms with van der Waals surface area (Å²) in [6.07, 6.45) is 5.76. The lowest BCUT2D eigenvalue weighted by Crippen LogP contribution is -2.45. The van der Waals surface area contributed by atoms with E-state index in [1.54, 1.807) is 24.2 Å². The fourth-order valence-electron chi connectivity index (χ4n) is 2.72. The molecule has 2 aromatic rings. The standard InChI is InChI=1S/C15H22N6O2S/c1-20-10-16-9-12(20)14(22)17-11-3-6-21(7-4-11)15-18-13(19-24-15)5-8-23-2/h9-11H,3-8H2,1-2H3,(H,17,22). The SMILES string of the molecule is COCCc1nsc(N2CCC(NC(=O)c3cncn3C)CC2)n1. The molecule has 0 aliphatic carbocycles. The summed E-state index contributed by atoms with van der Waals surface area (Å²) in [6.45, 7) is 2.38. The second-order valence-corrected chi connectivity index (χ2v) is 6.59. The fraction of sp³-hybridized carbons (Fsp3) is 0.600. The van der Waals surface area contributed by atoms with E-state index in [9.17, 15) is 4.79 Å². The molecule has 0 radical (unpaired) electrons. The summed E-state index contributed by atoms with van der Waals surface area (Å²) in [6, 6.07) is 0.185. The van der Waals surface area contributed by atoms with Crippen LogP contribution in [0.15, 0.2) is 12.5 Å². The van der Waals surface area contributed by atoms with Crippen LogP contribution in [0.4, 0.5) is 5.13 Å². The number of methoxy groups -OCH3 is 1. The molecule has 24 heavy (non-hydrogen) atoms. The Hall–Kier alpha value is -2.00. The van der Waals surface area contributed by atoms with Gasteiger partial charge in [-0.25, -0.2) is 9.97 Å². The summed E-state index contributed by atoms with van der Waals surface area (Å²) >= 11 is 1.43. The number of hydrogen-bond acceptors (Lipinski definition) is 7. The normalized spacial score (nSPS) is 15.7. The highest BCUT2D eigenvalue weighted by Crippen LogP contribution is 2.22. The minimum absolute atomic E-state index is 0.0637. The van der Waals surface area contributed by atoms with Gasteiger partial charge in [0.15, 0.2) is 0 Å². The van der Waals surface area contributed by atoms with Crippen molar-refractivity contribution in [3.63, 3.8) is 0 Å². The van der Waals surface area contributed by atoms with Gasteiger partial charge in [0.1, 0.15) is 11.5 Å². The first-order valence-electron chi connectivity index (χ1n) is 8.01. The Labute approximate surface area is 145 Å². The molecule has 1 aliphatic rings. The number of nitrogens with zero attached hydrogens (tertiary/aromatic N) is 5. The van der Waals surface area contributed by atoms with Gasteiger partial charge in [-0.1, -0.05) is 0 Å². The lowest BCUT2D eigenvalue weighted by atomic mass is 10.1. The average Bonchev–Trinajstić information content (AvgIpc) is 3.22. The van der Waals surface area contributed by atoms with Crippen molar-refractivity contribution >= 4 is 22.6 Å². The Bertz CT molecular complexity index is 677. The molecule has 3 rings (SSSR count). The van der Waals surface area contributed by atoms with Gasteiger partial charge in [-0.15, -0.1) is 0 Å². The van der Waals surface area contributed by atoms with Crippen LogP contribution in [0.1, 0.15) is 29.2 Å². The maximum absolute atomic E-state index is 12.2. The lowest BCUT2D eigenvalue weighted by molar-refractivity contribution is 0.0923. The van der Waals surface area contributed by atoms with Crippen molar-refractivity contribution in [3.05, 3.63) is 24.0 Å². The molecule has 1 aliphatic heterocycles. The van der Waals surface area contributed by atoms with Crippen molar-refractivity contribution in [2.45, 2.75) is 25.3 Å². The summed E-state index contributed by atoms with van der Waals surface area (Å²) in [5.74, 6) is 0.773.